The van der Waals surface area contributed by atoms with E-state index in [1.54, 1.807) is 0 Å². The summed E-state index contributed by atoms with van der Waals surface area (Å²) in [5, 5.41) is 21.2. The van der Waals surface area contributed by atoms with E-state index in [0.717, 1.165) is 0 Å². The summed E-state index contributed by atoms with van der Waals surface area (Å²) in [4.78, 5) is 35.3. The number of aliphatic carboxylic acids is 1. The minimum Gasteiger partial charge on any atom is -0.477 e. The van der Waals surface area contributed by atoms with Crippen LogP contribution in [0.1, 0.15) is 13.8 Å². The molecule has 0 aliphatic carbocycles. The molecule has 2 aliphatic rings. The number of rotatable bonds is 6. The van der Waals surface area contributed by atoms with Crippen LogP contribution < -0.4 is 5.32 Å². The molecule has 0 aromatic rings. The van der Waals surface area contributed by atoms with Gasteiger partial charge in [0.2, 0.25) is 11.8 Å². The van der Waals surface area contributed by atoms with Crippen molar-refractivity contribution in [2.24, 2.45) is 5.92 Å². The van der Waals surface area contributed by atoms with Crippen molar-refractivity contribution >= 4 is 41.3 Å². The van der Waals surface area contributed by atoms with Gasteiger partial charge in [-0.1, -0.05) is 11.8 Å². The summed E-state index contributed by atoms with van der Waals surface area (Å²) in [5.41, 5.74) is -0.0141. The second-order valence-electron chi connectivity index (χ2n) is 4.76. The molecule has 9 heteroatoms. The summed E-state index contributed by atoms with van der Waals surface area (Å²) in [7, 11) is 0. The molecule has 3 N–H and O–H groups in total. The van der Waals surface area contributed by atoms with Crippen molar-refractivity contribution in [1.82, 2.24) is 10.2 Å². The molecule has 2 rings (SSSR count). The zero-order chi connectivity index (χ0) is 15.7. The molecule has 7 nitrogen and oxygen atoms in total. The topological polar surface area (TPSA) is 107 Å². The van der Waals surface area contributed by atoms with Gasteiger partial charge in [-0.05, 0) is 6.92 Å². The molecule has 1 fully saturated rings. The molecule has 0 saturated carbocycles. The van der Waals surface area contributed by atoms with E-state index in [-0.39, 0.29) is 22.9 Å². The number of carbonyl (C=O) groups excluding carboxylic acids is 2. The van der Waals surface area contributed by atoms with E-state index in [1.807, 2.05) is 0 Å². The minimum atomic E-state index is -1.15. The molecule has 0 aromatic carbocycles. The molecular formula is C12H16N2O5S2. The summed E-state index contributed by atoms with van der Waals surface area (Å²) >= 11 is 2.59. The number of fused-ring (bicyclic) bond motifs is 1. The Morgan fingerprint density at radius 1 is 1.52 bits per heavy atom. The first-order valence-electron chi connectivity index (χ1n) is 6.37. The maximum absolute atomic E-state index is 12.0. The Morgan fingerprint density at radius 2 is 2.19 bits per heavy atom. The van der Waals surface area contributed by atoms with Gasteiger partial charge >= 0.3 is 5.97 Å². The highest BCUT2D eigenvalue weighted by molar-refractivity contribution is 8.22. The number of hydrogen-bond acceptors (Lipinski definition) is 6. The molecule has 116 valence electrons. The first-order chi connectivity index (χ1) is 9.84. The van der Waals surface area contributed by atoms with Crippen molar-refractivity contribution in [2.75, 3.05) is 12.3 Å². The van der Waals surface area contributed by atoms with Crippen molar-refractivity contribution in [2.45, 2.75) is 25.3 Å². The fourth-order valence-electron chi connectivity index (χ4n) is 2.22. The number of carboxylic acid groups (broad SMARTS) is 1. The predicted octanol–water partition coefficient (Wildman–Crippen LogP) is 0.0215. The SMILES string of the molecule is CC(=O)NCCSC1=C(C(=O)O)N2C(=O)C(C(C)O)[C@@H]2S1. The van der Waals surface area contributed by atoms with Gasteiger partial charge in [-0.25, -0.2) is 4.79 Å². The maximum Gasteiger partial charge on any atom is 0.354 e. The number of carboxylic acids is 1. The number of aliphatic hydroxyl groups is 1. The fraction of sp³-hybridized carbons (Fsp3) is 0.583. The first-order valence-corrected chi connectivity index (χ1v) is 8.23. The third-order valence-electron chi connectivity index (χ3n) is 3.18. The van der Waals surface area contributed by atoms with Gasteiger partial charge in [0.05, 0.1) is 16.3 Å². The highest BCUT2D eigenvalue weighted by atomic mass is 32.2. The summed E-state index contributed by atoms with van der Waals surface area (Å²) in [6.45, 7) is 3.37. The average Bonchev–Trinajstić information content (AvgIpc) is 2.68. The predicted molar refractivity (Wildman–Crippen MR) is 79.2 cm³/mol. The van der Waals surface area contributed by atoms with Crippen molar-refractivity contribution < 1.29 is 24.6 Å². The Hall–Kier alpha value is -1.19. The van der Waals surface area contributed by atoms with Gasteiger partial charge in [0.25, 0.3) is 0 Å². The standard InChI is InChI=1S/C12H16N2O5S2/c1-5(15)7-9(17)14-8(11(18)19)12(21-10(7)14)20-4-3-13-6(2)16/h5,7,10,15H,3-4H2,1-2H3,(H,13,16)(H,18,19)/t5?,7?,10-/m0/s1. The number of carbonyl (C=O) groups is 3. The van der Waals surface area contributed by atoms with Gasteiger partial charge in [0.1, 0.15) is 5.37 Å². The third-order valence-corrected chi connectivity index (χ3v) is 5.84. The highest BCUT2D eigenvalue weighted by Gasteiger charge is 2.57. The van der Waals surface area contributed by atoms with Gasteiger partial charge in [-0.15, -0.1) is 11.8 Å². The van der Waals surface area contributed by atoms with Crippen LogP contribution >= 0.6 is 23.5 Å². The number of thioether (sulfide) groups is 2. The number of nitrogens with zero attached hydrogens (tertiary/aromatic N) is 1. The third kappa shape index (κ3) is 3.04. The van der Waals surface area contributed by atoms with Gasteiger partial charge in [-0.2, -0.15) is 0 Å². The van der Waals surface area contributed by atoms with Crippen molar-refractivity contribution in [3.8, 4) is 0 Å². The van der Waals surface area contributed by atoms with Crippen LogP contribution in [0.25, 0.3) is 0 Å². The number of nitrogens with one attached hydrogen (secondary N) is 1. The van der Waals surface area contributed by atoms with Crippen LogP contribution in [0.4, 0.5) is 0 Å². The number of amides is 2. The lowest BCUT2D eigenvalue weighted by molar-refractivity contribution is -0.156. The average molecular weight is 332 g/mol. The van der Waals surface area contributed by atoms with E-state index in [4.69, 9.17) is 0 Å². The lowest BCUT2D eigenvalue weighted by atomic mass is 9.92. The van der Waals surface area contributed by atoms with E-state index in [1.165, 1.54) is 42.3 Å². The number of β-lactam (4-membered cyclic amide) rings is 1. The minimum absolute atomic E-state index is 0.0141. The lowest BCUT2D eigenvalue weighted by Crippen LogP contribution is -2.60. The Kier molecular flexibility index (Phi) is 4.84. The summed E-state index contributed by atoms with van der Waals surface area (Å²) in [5.74, 6) is -1.68. The van der Waals surface area contributed by atoms with E-state index in [2.05, 4.69) is 5.32 Å². The number of aliphatic hydroxyl groups excluding tert-OH is 1. The molecule has 2 amide bonds. The van der Waals surface area contributed by atoms with Crippen LogP contribution in [-0.2, 0) is 14.4 Å². The van der Waals surface area contributed by atoms with Crippen LogP contribution in [-0.4, -0.2) is 56.7 Å². The fourth-order valence-corrected chi connectivity index (χ4v) is 5.07. The second kappa shape index (κ2) is 6.29. The molecule has 0 aromatic heterocycles. The van der Waals surface area contributed by atoms with E-state index >= 15 is 0 Å². The van der Waals surface area contributed by atoms with E-state index < -0.39 is 18.0 Å². The Labute approximate surface area is 130 Å². The van der Waals surface area contributed by atoms with Crippen LogP contribution in [0.15, 0.2) is 9.93 Å². The van der Waals surface area contributed by atoms with Crippen LogP contribution in [0.5, 0.6) is 0 Å². The summed E-state index contributed by atoms with van der Waals surface area (Å²) in [6, 6.07) is 0. The smallest absolute Gasteiger partial charge is 0.354 e. The molecule has 2 aliphatic heterocycles. The van der Waals surface area contributed by atoms with Gasteiger partial charge in [-0.3, -0.25) is 14.5 Å². The van der Waals surface area contributed by atoms with E-state index in [0.29, 0.717) is 16.5 Å². The summed E-state index contributed by atoms with van der Waals surface area (Å²) in [6.07, 6.45) is -0.801. The monoisotopic (exact) mass is 332 g/mol. The molecule has 2 heterocycles. The quantitative estimate of drug-likeness (QED) is 0.465. The van der Waals surface area contributed by atoms with Crippen molar-refractivity contribution in [1.29, 1.82) is 0 Å². The van der Waals surface area contributed by atoms with Crippen LogP contribution in [0, 0.1) is 5.92 Å². The first kappa shape index (κ1) is 16.2. The van der Waals surface area contributed by atoms with Crippen LogP contribution in [0.3, 0.4) is 0 Å². The zero-order valence-electron chi connectivity index (χ0n) is 11.5. The van der Waals surface area contributed by atoms with Crippen molar-refractivity contribution in [3.63, 3.8) is 0 Å². The second-order valence-corrected chi connectivity index (χ2v) is 7.25. The largest absolute Gasteiger partial charge is 0.477 e. The molecule has 3 atom stereocenters. The molecule has 0 bridgehead atoms. The maximum atomic E-state index is 12.0. The Balaban J connectivity index is 2.04. The molecule has 2 unspecified atom stereocenters. The normalized spacial score (nSPS) is 25.5. The number of hydrogen-bond donors (Lipinski definition) is 3. The Morgan fingerprint density at radius 3 is 2.71 bits per heavy atom. The van der Waals surface area contributed by atoms with Gasteiger partial charge in [0, 0.05) is 19.2 Å². The van der Waals surface area contributed by atoms with Crippen LogP contribution in [0.2, 0.25) is 0 Å². The van der Waals surface area contributed by atoms with E-state index in [9.17, 15) is 24.6 Å². The van der Waals surface area contributed by atoms with Gasteiger partial charge in [0.15, 0.2) is 5.70 Å². The van der Waals surface area contributed by atoms with Crippen molar-refractivity contribution in [3.05, 3.63) is 9.93 Å². The molecule has 0 radical (unpaired) electrons. The molecule has 0 spiro atoms. The van der Waals surface area contributed by atoms with Gasteiger partial charge < -0.3 is 15.5 Å². The molecule has 1 saturated heterocycles. The zero-order valence-corrected chi connectivity index (χ0v) is 13.2. The molecule has 21 heavy (non-hydrogen) atoms. The Bertz CT molecular complexity index is 520. The lowest BCUT2D eigenvalue weighted by Gasteiger charge is -2.43. The highest BCUT2D eigenvalue weighted by Crippen LogP contribution is 2.53. The summed E-state index contributed by atoms with van der Waals surface area (Å²) < 4.78 is 0.550. The molecular weight excluding hydrogens is 316 g/mol.